The molecule has 6 heteroatoms. The van der Waals surface area contributed by atoms with E-state index < -0.39 is 6.10 Å². The van der Waals surface area contributed by atoms with Gasteiger partial charge >= 0.3 is 17.9 Å². The molecule has 0 aromatic heterocycles. The lowest BCUT2D eigenvalue weighted by Gasteiger charge is -2.18. The SMILES string of the molecule is CC/C=C\C/C=C\C/C=C\C/C=C\CCCCCCC(=O)OC(COC(=O)CCCCCCC/C=C\CCCCCC)COC(=O)CCCCCCCC/C=C\C/C=C\C/C=C\CCCCCCC. The Bertz CT molecular complexity index is 1380. The number of rotatable bonds is 51. The molecular formula is C63H106O6. The van der Waals surface area contributed by atoms with Gasteiger partial charge in [0.1, 0.15) is 13.2 Å². The van der Waals surface area contributed by atoms with Crippen molar-refractivity contribution in [2.75, 3.05) is 13.2 Å². The van der Waals surface area contributed by atoms with Crippen LogP contribution in [-0.2, 0) is 28.6 Å². The zero-order chi connectivity index (χ0) is 50.0. The molecule has 394 valence electrons. The second-order valence-electron chi connectivity index (χ2n) is 18.8. The van der Waals surface area contributed by atoms with Crippen molar-refractivity contribution >= 4 is 17.9 Å². The van der Waals surface area contributed by atoms with Gasteiger partial charge in [0, 0.05) is 19.3 Å². The fraction of sp³-hybridized carbons (Fsp3) is 0.698. The highest BCUT2D eigenvalue weighted by Gasteiger charge is 2.19. The minimum Gasteiger partial charge on any atom is -0.462 e. The summed E-state index contributed by atoms with van der Waals surface area (Å²) in [5.41, 5.74) is 0. The van der Waals surface area contributed by atoms with Crippen molar-refractivity contribution in [3.05, 3.63) is 97.2 Å². The summed E-state index contributed by atoms with van der Waals surface area (Å²) in [5, 5.41) is 0. The van der Waals surface area contributed by atoms with E-state index in [4.69, 9.17) is 14.2 Å². The summed E-state index contributed by atoms with van der Waals surface area (Å²) < 4.78 is 16.8. The highest BCUT2D eigenvalue weighted by Crippen LogP contribution is 2.14. The molecule has 0 fully saturated rings. The molecular weight excluding hydrogens is 853 g/mol. The molecule has 0 saturated heterocycles. The molecule has 0 aromatic rings. The highest BCUT2D eigenvalue weighted by molar-refractivity contribution is 5.71. The fourth-order valence-electron chi connectivity index (χ4n) is 7.73. The van der Waals surface area contributed by atoms with E-state index in [1.165, 1.54) is 96.3 Å². The van der Waals surface area contributed by atoms with Crippen molar-refractivity contribution in [1.29, 1.82) is 0 Å². The molecule has 1 atom stereocenters. The molecule has 69 heavy (non-hydrogen) atoms. The van der Waals surface area contributed by atoms with Gasteiger partial charge in [0.2, 0.25) is 0 Å². The minimum absolute atomic E-state index is 0.0969. The van der Waals surface area contributed by atoms with Crippen LogP contribution in [0.3, 0.4) is 0 Å². The number of allylic oxidation sites excluding steroid dienone is 16. The number of carbonyl (C=O) groups excluding carboxylic acids is 3. The normalized spacial score (nSPS) is 12.8. The number of hydrogen-bond acceptors (Lipinski definition) is 6. The lowest BCUT2D eigenvalue weighted by atomic mass is 10.1. The van der Waals surface area contributed by atoms with E-state index in [1.54, 1.807) is 0 Å². The van der Waals surface area contributed by atoms with Gasteiger partial charge in [-0.25, -0.2) is 0 Å². The molecule has 0 rings (SSSR count). The average Bonchev–Trinajstić information content (AvgIpc) is 3.35. The number of esters is 3. The summed E-state index contributed by atoms with van der Waals surface area (Å²) >= 11 is 0. The molecule has 0 aliphatic rings. The average molecular weight is 960 g/mol. The molecule has 0 N–H and O–H groups in total. The van der Waals surface area contributed by atoms with Gasteiger partial charge < -0.3 is 14.2 Å². The van der Waals surface area contributed by atoms with Crippen LogP contribution in [0.5, 0.6) is 0 Å². The Labute approximate surface area is 426 Å². The van der Waals surface area contributed by atoms with Gasteiger partial charge in [-0.3, -0.25) is 14.4 Å². The summed E-state index contributed by atoms with van der Waals surface area (Å²) in [6.45, 7) is 6.46. The predicted octanol–water partition coefficient (Wildman–Crippen LogP) is 19.3. The van der Waals surface area contributed by atoms with Crippen LogP contribution in [0.1, 0.15) is 265 Å². The number of hydrogen-bond donors (Lipinski definition) is 0. The predicted molar refractivity (Wildman–Crippen MR) is 297 cm³/mol. The number of ether oxygens (including phenoxy) is 3. The van der Waals surface area contributed by atoms with Crippen molar-refractivity contribution in [2.24, 2.45) is 0 Å². The topological polar surface area (TPSA) is 78.9 Å². The molecule has 0 aromatic carbocycles. The molecule has 0 aliphatic heterocycles. The summed E-state index contributed by atoms with van der Waals surface area (Å²) in [6, 6.07) is 0. The van der Waals surface area contributed by atoms with E-state index in [1.807, 2.05) is 0 Å². The maximum atomic E-state index is 12.8. The van der Waals surface area contributed by atoms with Gasteiger partial charge in [-0.1, -0.05) is 221 Å². The molecule has 1 unspecified atom stereocenters. The van der Waals surface area contributed by atoms with Crippen LogP contribution in [0.25, 0.3) is 0 Å². The van der Waals surface area contributed by atoms with Gasteiger partial charge in [-0.2, -0.15) is 0 Å². The van der Waals surface area contributed by atoms with Gasteiger partial charge in [0.05, 0.1) is 0 Å². The van der Waals surface area contributed by atoms with Crippen LogP contribution in [0.15, 0.2) is 97.2 Å². The molecule has 0 bridgehead atoms. The Hall–Kier alpha value is -3.67. The molecule has 0 radical (unpaired) electrons. The largest absolute Gasteiger partial charge is 0.462 e. The molecule has 0 amide bonds. The van der Waals surface area contributed by atoms with E-state index in [-0.39, 0.29) is 31.1 Å². The van der Waals surface area contributed by atoms with Crippen LogP contribution < -0.4 is 0 Å². The van der Waals surface area contributed by atoms with E-state index in [9.17, 15) is 14.4 Å². The van der Waals surface area contributed by atoms with Crippen LogP contribution in [0, 0.1) is 0 Å². The van der Waals surface area contributed by atoms with Gasteiger partial charge in [0.15, 0.2) is 6.10 Å². The molecule has 0 saturated carbocycles. The van der Waals surface area contributed by atoms with Crippen molar-refractivity contribution in [3.8, 4) is 0 Å². The second kappa shape index (κ2) is 56.9. The molecule has 0 spiro atoms. The Balaban J connectivity index is 4.44. The summed E-state index contributed by atoms with van der Waals surface area (Å²) in [7, 11) is 0. The minimum atomic E-state index is -0.801. The summed E-state index contributed by atoms with van der Waals surface area (Å²) in [6.07, 6.45) is 75.3. The van der Waals surface area contributed by atoms with Crippen molar-refractivity contribution in [3.63, 3.8) is 0 Å². The number of unbranched alkanes of at least 4 members (excludes halogenated alkanes) is 24. The first-order chi connectivity index (χ1) is 34.0. The molecule has 0 heterocycles. The molecule has 0 aliphatic carbocycles. The number of carbonyl (C=O) groups is 3. The quantitative estimate of drug-likeness (QED) is 0.0262. The Kier molecular flexibility index (Phi) is 53.9. The smallest absolute Gasteiger partial charge is 0.306 e. The van der Waals surface area contributed by atoms with E-state index in [0.717, 1.165) is 128 Å². The van der Waals surface area contributed by atoms with Crippen molar-refractivity contribution in [1.82, 2.24) is 0 Å². The van der Waals surface area contributed by atoms with Crippen LogP contribution in [0.2, 0.25) is 0 Å². The Morgan fingerprint density at radius 3 is 0.913 bits per heavy atom. The first kappa shape index (κ1) is 65.3. The van der Waals surface area contributed by atoms with Crippen LogP contribution >= 0.6 is 0 Å². The van der Waals surface area contributed by atoms with E-state index >= 15 is 0 Å². The zero-order valence-corrected chi connectivity index (χ0v) is 45.0. The van der Waals surface area contributed by atoms with Crippen molar-refractivity contribution in [2.45, 2.75) is 271 Å². The maximum Gasteiger partial charge on any atom is 0.306 e. The highest BCUT2D eigenvalue weighted by atomic mass is 16.6. The third kappa shape index (κ3) is 55.1. The first-order valence-electron chi connectivity index (χ1n) is 28.7. The molecule has 6 nitrogen and oxygen atoms in total. The van der Waals surface area contributed by atoms with Gasteiger partial charge in [-0.15, -0.1) is 0 Å². The van der Waals surface area contributed by atoms with Crippen LogP contribution in [0.4, 0.5) is 0 Å². The summed E-state index contributed by atoms with van der Waals surface area (Å²) in [4.78, 5) is 38.1. The monoisotopic (exact) mass is 959 g/mol. The third-order valence-electron chi connectivity index (χ3n) is 12.0. The lowest BCUT2D eigenvalue weighted by Crippen LogP contribution is -2.30. The first-order valence-corrected chi connectivity index (χ1v) is 28.7. The second-order valence-corrected chi connectivity index (χ2v) is 18.8. The standard InChI is InChI=1S/C63H106O6/c1-4-7-10-13-16-19-22-25-27-29-30-31-32-34-35-38-41-44-47-50-53-56-62(65)68-59-60(58-67-61(64)55-52-49-46-43-40-37-24-21-18-15-12-9-6-3)69-63(66)57-54-51-48-45-42-39-36-33-28-26-23-20-17-14-11-8-5-2/h8,11,17,20-22,24-26,28-30,32,34,36,39,60H,4-7,9-10,12-16,18-19,23,27,31,33,35,37-38,40-59H2,1-3H3/b11-8-,20-17-,24-21-,25-22-,28-26-,30-29-,34-32-,39-36-. The zero-order valence-electron chi connectivity index (χ0n) is 45.0. The van der Waals surface area contributed by atoms with Gasteiger partial charge in [-0.05, 0) is 122 Å². The van der Waals surface area contributed by atoms with Crippen molar-refractivity contribution < 1.29 is 28.6 Å². The van der Waals surface area contributed by atoms with Gasteiger partial charge in [0.25, 0.3) is 0 Å². The lowest BCUT2D eigenvalue weighted by molar-refractivity contribution is -0.167. The van der Waals surface area contributed by atoms with E-state index in [2.05, 4.69) is 118 Å². The Morgan fingerprint density at radius 1 is 0.304 bits per heavy atom. The summed E-state index contributed by atoms with van der Waals surface area (Å²) in [5.74, 6) is -0.940. The van der Waals surface area contributed by atoms with E-state index in [0.29, 0.717) is 19.3 Å². The van der Waals surface area contributed by atoms with Crippen LogP contribution in [-0.4, -0.2) is 37.2 Å². The maximum absolute atomic E-state index is 12.8. The Morgan fingerprint density at radius 2 is 0.565 bits per heavy atom. The third-order valence-corrected chi connectivity index (χ3v) is 12.0. The fourth-order valence-corrected chi connectivity index (χ4v) is 7.73.